The van der Waals surface area contributed by atoms with Crippen LogP contribution in [0, 0.1) is 0 Å². The maximum Gasteiger partial charge on any atom is 0.0431 e. The molecular formula is C10H22N2O. The highest BCUT2D eigenvalue weighted by atomic mass is 16.2. The van der Waals surface area contributed by atoms with Crippen molar-refractivity contribution in [2.75, 3.05) is 32.8 Å². The predicted octanol–water partition coefficient (Wildman–Crippen LogP) is 0.443. The molecule has 1 saturated heterocycles. The molecule has 1 fully saturated rings. The minimum atomic E-state index is 0.344. The van der Waals surface area contributed by atoms with Gasteiger partial charge in [0, 0.05) is 25.7 Å². The first kappa shape index (κ1) is 11.0. The Morgan fingerprint density at radius 2 is 2.08 bits per heavy atom. The minimum Gasteiger partial charge on any atom is -0.396 e. The van der Waals surface area contributed by atoms with Crippen LogP contribution in [0.25, 0.3) is 0 Å². The van der Waals surface area contributed by atoms with Crippen LogP contribution in [0.5, 0.6) is 0 Å². The Balaban J connectivity index is 2.02. The van der Waals surface area contributed by atoms with Gasteiger partial charge < -0.3 is 10.4 Å². The molecule has 1 aliphatic rings. The molecule has 0 atom stereocenters. The van der Waals surface area contributed by atoms with E-state index in [0.29, 0.717) is 6.61 Å². The lowest BCUT2D eigenvalue weighted by atomic mass is 10.1. The summed E-state index contributed by atoms with van der Waals surface area (Å²) >= 11 is 0. The first-order valence-corrected chi connectivity index (χ1v) is 5.44. The Hall–Kier alpha value is -0.120. The maximum atomic E-state index is 8.63. The summed E-state index contributed by atoms with van der Waals surface area (Å²) in [6, 6.07) is 0.777. The summed E-state index contributed by atoms with van der Waals surface area (Å²) in [6.07, 6.45) is 3.35. The molecule has 0 aromatic heterocycles. The predicted molar refractivity (Wildman–Crippen MR) is 54.8 cm³/mol. The second-order valence-corrected chi connectivity index (χ2v) is 3.72. The molecule has 13 heavy (non-hydrogen) atoms. The topological polar surface area (TPSA) is 35.5 Å². The summed E-state index contributed by atoms with van der Waals surface area (Å²) in [5.41, 5.74) is 0. The number of unbranched alkanes of at least 4 members (excludes halogenated alkanes) is 2. The summed E-state index contributed by atoms with van der Waals surface area (Å²) in [7, 11) is 0. The standard InChI is InChI=1S/C10H22N2O/c1-2-12(10-8-11-9-10)6-4-3-5-7-13/h10-11,13H,2-9H2,1H3. The first-order valence-electron chi connectivity index (χ1n) is 5.44. The molecule has 3 nitrogen and oxygen atoms in total. The van der Waals surface area contributed by atoms with Gasteiger partial charge in [0.1, 0.15) is 0 Å². The molecule has 0 aliphatic carbocycles. The van der Waals surface area contributed by atoms with E-state index in [9.17, 15) is 0 Å². The number of aliphatic hydroxyl groups excluding tert-OH is 1. The Kier molecular flexibility index (Phi) is 5.35. The number of hydrogen-bond donors (Lipinski definition) is 2. The summed E-state index contributed by atoms with van der Waals surface area (Å²) in [6.45, 7) is 7.25. The molecule has 0 saturated carbocycles. The molecule has 1 aliphatic heterocycles. The molecule has 0 radical (unpaired) electrons. The summed E-state index contributed by atoms with van der Waals surface area (Å²) in [5, 5.41) is 11.9. The highest BCUT2D eigenvalue weighted by molar-refractivity contribution is 4.83. The first-order chi connectivity index (χ1) is 6.38. The molecule has 0 aromatic carbocycles. The number of aliphatic hydroxyl groups is 1. The van der Waals surface area contributed by atoms with Crippen LogP contribution in [0.3, 0.4) is 0 Å². The van der Waals surface area contributed by atoms with Crippen molar-refractivity contribution < 1.29 is 5.11 Å². The van der Waals surface area contributed by atoms with Crippen molar-refractivity contribution in [1.29, 1.82) is 0 Å². The van der Waals surface area contributed by atoms with Crippen LogP contribution in [0.15, 0.2) is 0 Å². The summed E-state index contributed by atoms with van der Waals surface area (Å²) in [4.78, 5) is 2.54. The van der Waals surface area contributed by atoms with Gasteiger partial charge >= 0.3 is 0 Å². The Labute approximate surface area is 81.1 Å². The highest BCUT2D eigenvalue weighted by Crippen LogP contribution is 2.06. The van der Waals surface area contributed by atoms with Gasteiger partial charge in [0.05, 0.1) is 0 Å². The van der Waals surface area contributed by atoms with Crippen molar-refractivity contribution in [3.05, 3.63) is 0 Å². The second-order valence-electron chi connectivity index (χ2n) is 3.72. The van der Waals surface area contributed by atoms with Gasteiger partial charge in [-0.2, -0.15) is 0 Å². The molecule has 0 amide bonds. The zero-order chi connectivity index (χ0) is 9.52. The van der Waals surface area contributed by atoms with Gasteiger partial charge in [-0.25, -0.2) is 0 Å². The lowest BCUT2D eigenvalue weighted by Gasteiger charge is -2.37. The van der Waals surface area contributed by atoms with Crippen LogP contribution in [0.2, 0.25) is 0 Å². The van der Waals surface area contributed by atoms with E-state index in [0.717, 1.165) is 38.5 Å². The fourth-order valence-corrected chi connectivity index (χ4v) is 1.73. The number of rotatable bonds is 7. The molecule has 3 heteroatoms. The number of hydrogen-bond acceptors (Lipinski definition) is 3. The van der Waals surface area contributed by atoms with Gasteiger partial charge in [-0.1, -0.05) is 6.92 Å². The zero-order valence-electron chi connectivity index (χ0n) is 8.63. The largest absolute Gasteiger partial charge is 0.396 e. The van der Waals surface area contributed by atoms with Crippen molar-refractivity contribution in [2.45, 2.75) is 32.2 Å². The van der Waals surface area contributed by atoms with Crippen LogP contribution in [-0.2, 0) is 0 Å². The molecule has 1 heterocycles. The van der Waals surface area contributed by atoms with Gasteiger partial charge in [0.2, 0.25) is 0 Å². The third-order valence-electron chi connectivity index (χ3n) is 2.79. The third kappa shape index (κ3) is 3.63. The third-order valence-corrected chi connectivity index (χ3v) is 2.79. The molecule has 2 N–H and O–H groups in total. The SMILES string of the molecule is CCN(CCCCCO)C1CNC1. The molecule has 1 rings (SSSR count). The van der Waals surface area contributed by atoms with Gasteiger partial charge in [0.25, 0.3) is 0 Å². The molecule has 0 spiro atoms. The van der Waals surface area contributed by atoms with Crippen molar-refractivity contribution in [1.82, 2.24) is 10.2 Å². The molecule has 78 valence electrons. The molecular weight excluding hydrogens is 164 g/mol. The Morgan fingerprint density at radius 3 is 2.54 bits per heavy atom. The molecule has 0 bridgehead atoms. The van der Waals surface area contributed by atoms with Crippen molar-refractivity contribution in [3.63, 3.8) is 0 Å². The van der Waals surface area contributed by atoms with E-state index in [1.807, 2.05) is 0 Å². The van der Waals surface area contributed by atoms with E-state index in [1.165, 1.54) is 13.0 Å². The minimum absolute atomic E-state index is 0.344. The summed E-state index contributed by atoms with van der Waals surface area (Å²) in [5.74, 6) is 0. The average molecular weight is 186 g/mol. The van der Waals surface area contributed by atoms with E-state index in [4.69, 9.17) is 5.11 Å². The Morgan fingerprint density at radius 1 is 1.31 bits per heavy atom. The lowest BCUT2D eigenvalue weighted by molar-refractivity contribution is 0.149. The fraction of sp³-hybridized carbons (Fsp3) is 1.00. The van der Waals surface area contributed by atoms with E-state index in [2.05, 4.69) is 17.1 Å². The van der Waals surface area contributed by atoms with E-state index < -0.39 is 0 Å². The smallest absolute Gasteiger partial charge is 0.0431 e. The van der Waals surface area contributed by atoms with E-state index in [-0.39, 0.29) is 0 Å². The van der Waals surface area contributed by atoms with Crippen LogP contribution in [0.1, 0.15) is 26.2 Å². The maximum absolute atomic E-state index is 8.63. The molecule has 0 aromatic rings. The number of nitrogens with one attached hydrogen (secondary N) is 1. The summed E-state index contributed by atoms with van der Waals surface area (Å²) < 4.78 is 0. The van der Waals surface area contributed by atoms with Crippen LogP contribution < -0.4 is 5.32 Å². The highest BCUT2D eigenvalue weighted by Gasteiger charge is 2.22. The Bertz CT molecular complexity index is 126. The normalized spacial score (nSPS) is 17.8. The second kappa shape index (κ2) is 6.35. The van der Waals surface area contributed by atoms with E-state index in [1.54, 1.807) is 0 Å². The fourth-order valence-electron chi connectivity index (χ4n) is 1.73. The zero-order valence-corrected chi connectivity index (χ0v) is 8.63. The van der Waals surface area contributed by atoms with Crippen LogP contribution in [0.4, 0.5) is 0 Å². The molecule has 0 unspecified atom stereocenters. The van der Waals surface area contributed by atoms with Gasteiger partial charge in [-0.15, -0.1) is 0 Å². The average Bonchev–Trinajstić information content (AvgIpc) is 2.07. The van der Waals surface area contributed by atoms with Crippen molar-refractivity contribution in [2.24, 2.45) is 0 Å². The lowest BCUT2D eigenvalue weighted by Crippen LogP contribution is -2.57. The number of likely N-dealkylation sites (N-methyl/N-ethyl adjacent to an activating group) is 1. The van der Waals surface area contributed by atoms with Gasteiger partial charge in [0.15, 0.2) is 0 Å². The van der Waals surface area contributed by atoms with Crippen molar-refractivity contribution >= 4 is 0 Å². The van der Waals surface area contributed by atoms with Gasteiger partial charge in [-0.3, -0.25) is 4.90 Å². The van der Waals surface area contributed by atoms with Crippen LogP contribution >= 0.6 is 0 Å². The van der Waals surface area contributed by atoms with Crippen molar-refractivity contribution in [3.8, 4) is 0 Å². The van der Waals surface area contributed by atoms with E-state index >= 15 is 0 Å². The van der Waals surface area contributed by atoms with Gasteiger partial charge in [-0.05, 0) is 32.4 Å². The number of nitrogens with zero attached hydrogens (tertiary/aromatic N) is 1. The quantitative estimate of drug-likeness (QED) is 0.566. The van der Waals surface area contributed by atoms with Crippen LogP contribution in [-0.4, -0.2) is 48.8 Å². The monoisotopic (exact) mass is 186 g/mol.